The van der Waals surface area contributed by atoms with Crippen LogP contribution in [0.3, 0.4) is 0 Å². The van der Waals surface area contributed by atoms with Gasteiger partial charge in [-0.2, -0.15) is 0 Å². The molecule has 0 saturated heterocycles. The van der Waals surface area contributed by atoms with E-state index in [1.165, 1.54) is 0 Å². The van der Waals surface area contributed by atoms with Crippen LogP contribution in [0, 0.1) is 0 Å². The van der Waals surface area contributed by atoms with Gasteiger partial charge in [-0.15, -0.1) is 11.3 Å². The highest BCUT2D eigenvalue weighted by Crippen LogP contribution is 1.87. The van der Waals surface area contributed by atoms with E-state index >= 15 is 0 Å². The monoisotopic (exact) mass is 137 g/mol. The van der Waals surface area contributed by atoms with E-state index in [1.54, 1.807) is 17.4 Å². The van der Waals surface area contributed by atoms with E-state index in [2.05, 4.69) is 4.99 Å². The van der Waals surface area contributed by atoms with Crippen LogP contribution in [0.2, 0.25) is 0 Å². The molecule has 1 amide bonds. The largest absolute Gasteiger partial charge is 0.271 e. The molecule has 0 spiro atoms. The summed E-state index contributed by atoms with van der Waals surface area (Å²) in [6, 6.07) is 1.85. The Morgan fingerprint density at radius 3 is 3.22 bits per heavy atom. The van der Waals surface area contributed by atoms with Gasteiger partial charge in [-0.05, 0) is 11.4 Å². The molecule has 1 aromatic heterocycles. The maximum atomic E-state index is 10.5. The van der Waals surface area contributed by atoms with Crippen molar-refractivity contribution in [1.82, 2.24) is 0 Å². The van der Waals surface area contributed by atoms with Gasteiger partial charge < -0.3 is 0 Å². The van der Waals surface area contributed by atoms with Crippen molar-refractivity contribution in [2.45, 2.75) is 0 Å². The van der Waals surface area contributed by atoms with Crippen molar-refractivity contribution >= 4 is 23.3 Å². The molecule has 0 radical (unpaired) electrons. The van der Waals surface area contributed by atoms with Gasteiger partial charge in [0.25, 0.3) is 5.91 Å². The van der Waals surface area contributed by atoms with Crippen molar-refractivity contribution in [3.05, 3.63) is 21.3 Å². The zero-order chi connectivity index (χ0) is 6.27. The lowest BCUT2D eigenvalue weighted by molar-refractivity contribution is -0.112. The molecule has 44 valence electrons. The number of carbonyl (C=O) groups excluding carboxylic acids is 1. The Labute approximate surface area is 55.2 Å². The number of fused-ring (bicyclic) bond motifs is 1. The van der Waals surface area contributed by atoms with E-state index in [9.17, 15) is 4.79 Å². The minimum atomic E-state index is -0.128. The summed E-state index contributed by atoms with van der Waals surface area (Å²) in [5.74, 6) is -0.128. The summed E-state index contributed by atoms with van der Waals surface area (Å²) in [6.45, 7) is 0. The summed E-state index contributed by atoms with van der Waals surface area (Å²) in [6.07, 6.45) is 1.56. The van der Waals surface area contributed by atoms with Crippen molar-refractivity contribution in [1.29, 1.82) is 0 Å². The second kappa shape index (κ2) is 1.51. The quantitative estimate of drug-likeness (QED) is 0.482. The predicted molar refractivity (Wildman–Crippen MR) is 34.6 cm³/mol. The summed E-state index contributed by atoms with van der Waals surface area (Å²) in [5.41, 5.74) is 0. The molecule has 2 nitrogen and oxygen atoms in total. The first kappa shape index (κ1) is 4.88. The number of rotatable bonds is 0. The third-order valence-corrected chi connectivity index (χ3v) is 2.01. The SMILES string of the molecule is O=C1C=c2sccc2=N1. The Bertz CT molecular complexity index is 330. The Morgan fingerprint density at radius 1 is 1.56 bits per heavy atom. The average Bonchev–Trinajstić information content (AvgIpc) is 2.22. The molecule has 1 aromatic rings. The van der Waals surface area contributed by atoms with Crippen molar-refractivity contribution in [2.24, 2.45) is 4.99 Å². The summed E-state index contributed by atoms with van der Waals surface area (Å²) < 4.78 is 0.986. The maximum absolute atomic E-state index is 10.5. The van der Waals surface area contributed by atoms with Crippen LogP contribution in [0.5, 0.6) is 0 Å². The molecule has 0 aliphatic carbocycles. The van der Waals surface area contributed by atoms with Crippen molar-refractivity contribution in [3.63, 3.8) is 0 Å². The number of hydrogen-bond acceptors (Lipinski definition) is 2. The fourth-order valence-corrected chi connectivity index (χ4v) is 1.52. The second-order valence-electron chi connectivity index (χ2n) is 1.76. The van der Waals surface area contributed by atoms with Crippen LogP contribution >= 0.6 is 11.3 Å². The number of nitrogens with zero attached hydrogens (tertiary/aromatic N) is 1. The average molecular weight is 137 g/mol. The third-order valence-electron chi connectivity index (χ3n) is 1.16. The summed E-state index contributed by atoms with van der Waals surface area (Å²) in [4.78, 5) is 14.3. The molecule has 0 N–H and O–H groups in total. The van der Waals surface area contributed by atoms with Crippen LogP contribution in [0.1, 0.15) is 0 Å². The summed E-state index contributed by atoms with van der Waals surface area (Å²) in [7, 11) is 0. The van der Waals surface area contributed by atoms with Gasteiger partial charge in [0.1, 0.15) is 0 Å². The van der Waals surface area contributed by atoms with Crippen LogP contribution in [-0.2, 0) is 4.79 Å². The lowest BCUT2D eigenvalue weighted by atomic mass is 10.5. The van der Waals surface area contributed by atoms with Gasteiger partial charge in [0.05, 0.1) is 9.89 Å². The molecule has 2 heterocycles. The molecule has 0 fully saturated rings. The highest BCUT2D eigenvalue weighted by Gasteiger charge is 2.01. The van der Waals surface area contributed by atoms with Crippen molar-refractivity contribution in [3.8, 4) is 0 Å². The van der Waals surface area contributed by atoms with Gasteiger partial charge in [0.15, 0.2) is 0 Å². The minimum Gasteiger partial charge on any atom is -0.267 e. The van der Waals surface area contributed by atoms with Crippen LogP contribution in [-0.4, -0.2) is 5.91 Å². The van der Waals surface area contributed by atoms with Gasteiger partial charge >= 0.3 is 0 Å². The van der Waals surface area contributed by atoms with Gasteiger partial charge in [0.2, 0.25) is 0 Å². The number of hydrogen-bond donors (Lipinski definition) is 0. The van der Waals surface area contributed by atoms with Crippen LogP contribution in [0.4, 0.5) is 0 Å². The molecule has 0 aromatic carbocycles. The zero-order valence-corrected chi connectivity index (χ0v) is 5.31. The fourth-order valence-electron chi connectivity index (χ4n) is 0.778. The second-order valence-corrected chi connectivity index (χ2v) is 2.71. The summed E-state index contributed by atoms with van der Waals surface area (Å²) >= 11 is 1.55. The first-order valence-electron chi connectivity index (χ1n) is 2.54. The molecule has 3 heteroatoms. The first-order chi connectivity index (χ1) is 4.36. The third kappa shape index (κ3) is 0.616. The summed E-state index contributed by atoms with van der Waals surface area (Å²) in [5, 5.41) is 2.75. The standard InChI is InChI=1S/C6H3NOS/c8-6-3-5-4(7-6)1-2-9-5/h1-3H. The topological polar surface area (TPSA) is 29.4 Å². The van der Waals surface area contributed by atoms with Crippen LogP contribution < -0.4 is 9.89 Å². The number of amides is 1. The molecule has 2 rings (SSSR count). The molecular weight excluding hydrogens is 134 g/mol. The Kier molecular flexibility index (Phi) is 0.818. The lowest BCUT2D eigenvalue weighted by Gasteiger charge is -1.67. The molecule has 0 bridgehead atoms. The number of thiophene rings is 1. The normalized spacial score (nSPS) is 14.4. The van der Waals surface area contributed by atoms with Crippen LogP contribution in [0.15, 0.2) is 16.4 Å². The van der Waals surface area contributed by atoms with Gasteiger partial charge in [-0.25, -0.2) is 4.99 Å². The molecule has 9 heavy (non-hydrogen) atoms. The Hall–Kier alpha value is -0.960. The zero-order valence-electron chi connectivity index (χ0n) is 4.50. The molecular formula is C6H3NOS. The Morgan fingerprint density at radius 2 is 2.44 bits per heavy atom. The molecule has 0 unspecified atom stereocenters. The van der Waals surface area contributed by atoms with Crippen molar-refractivity contribution < 1.29 is 4.79 Å². The van der Waals surface area contributed by atoms with Crippen LogP contribution in [0.25, 0.3) is 6.08 Å². The maximum Gasteiger partial charge on any atom is 0.271 e. The minimum absolute atomic E-state index is 0.128. The predicted octanol–water partition coefficient (Wildman–Crippen LogP) is -0.312. The fraction of sp³-hybridized carbons (Fsp3) is 0. The van der Waals surface area contributed by atoms with E-state index in [-0.39, 0.29) is 5.91 Å². The van der Waals surface area contributed by atoms with Gasteiger partial charge in [-0.1, -0.05) is 0 Å². The van der Waals surface area contributed by atoms with E-state index in [0.717, 1.165) is 9.89 Å². The smallest absolute Gasteiger partial charge is 0.267 e. The number of carbonyl (C=O) groups is 1. The molecule has 1 aliphatic heterocycles. The molecule has 0 atom stereocenters. The molecule has 0 saturated carbocycles. The van der Waals surface area contributed by atoms with Gasteiger partial charge in [-0.3, -0.25) is 4.79 Å². The Balaban J connectivity index is 3.01. The molecule has 1 aliphatic rings. The van der Waals surface area contributed by atoms with E-state index in [4.69, 9.17) is 0 Å². The lowest BCUT2D eigenvalue weighted by Crippen LogP contribution is -2.12. The van der Waals surface area contributed by atoms with E-state index < -0.39 is 0 Å². The van der Waals surface area contributed by atoms with E-state index in [1.807, 2.05) is 11.4 Å². The van der Waals surface area contributed by atoms with Gasteiger partial charge in [0, 0.05) is 6.08 Å². The highest BCUT2D eigenvalue weighted by molar-refractivity contribution is 7.07. The highest BCUT2D eigenvalue weighted by atomic mass is 32.1. The van der Waals surface area contributed by atoms with Crippen molar-refractivity contribution in [2.75, 3.05) is 0 Å². The first-order valence-corrected chi connectivity index (χ1v) is 3.42. The van der Waals surface area contributed by atoms with E-state index in [0.29, 0.717) is 0 Å².